The van der Waals surface area contributed by atoms with Crippen LogP contribution in [-0.4, -0.2) is 42.2 Å². The van der Waals surface area contributed by atoms with E-state index in [0.717, 1.165) is 11.5 Å². The Kier molecular flexibility index (Phi) is 4.54. The summed E-state index contributed by atoms with van der Waals surface area (Å²) in [7, 11) is 7.57. The molecule has 0 nitrogen and oxygen atoms in total. The van der Waals surface area contributed by atoms with Crippen LogP contribution < -0.4 is 0 Å². The summed E-state index contributed by atoms with van der Waals surface area (Å²) < 4.78 is 0.404. The van der Waals surface area contributed by atoms with Crippen LogP contribution in [0, 0.1) is 0 Å². The number of hydrogen-bond donors (Lipinski definition) is 2. The zero-order valence-corrected chi connectivity index (χ0v) is 14.2. The van der Waals surface area contributed by atoms with E-state index >= 15 is 0 Å². The first kappa shape index (κ1) is 12.1. The quantitative estimate of drug-likeness (QED) is 0.581. The maximum atomic E-state index is 4.49. The summed E-state index contributed by atoms with van der Waals surface area (Å²) in [6, 6.07) is 0. The van der Waals surface area contributed by atoms with Crippen LogP contribution in [0.15, 0.2) is 0 Å². The van der Waals surface area contributed by atoms with Crippen molar-refractivity contribution < 1.29 is 0 Å². The fourth-order valence-electron chi connectivity index (χ4n) is 1.27. The van der Waals surface area contributed by atoms with Gasteiger partial charge in [-0.25, -0.2) is 0 Å². The van der Waals surface area contributed by atoms with Gasteiger partial charge >= 0.3 is 108 Å². The van der Waals surface area contributed by atoms with Gasteiger partial charge in [0.1, 0.15) is 0 Å². The van der Waals surface area contributed by atoms with Crippen LogP contribution in [-0.2, 0) is 0 Å². The van der Waals surface area contributed by atoms with E-state index in [1.165, 1.54) is 17.3 Å². The van der Waals surface area contributed by atoms with E-state index in [1.54, 1.807) is 0 Å². The second-order valence-electron chi connectivity index (χ2n) is 3.09. The first-order valence-electron chi connectivity index (χ1n) is 4.08. The first-order valence-corrected chi connectivity index (χ1v) is 19.4. The molecule has 0 unspecified atom stereocenters. The van der Waals surface area contributed by atoms with Gasteiger partial charge in [0.15, 0.2) is 0 Å². The standard InChI is InChI=1S/C6H12GeS6/c8-3-6(4-9)5-12-7(13-6)10-1-2-11-7/h8-9H,1-5H2. The molecule has 0 N–H and O–H groups in total. The molecule has 0 atom stereocenters. The summed E-state index contributed by atoms with van der Waals surface area (Å²) in [6.07, 6.45) is 0. The van der Waals surface area contributed by atoms with Gasteiger partial charge in [-0.3, -0.25) is 0 Å². The molecule has 2 aliphatic heterocycles. The van der Waals surface area contributed by atoms with Crippen LogP contribution in [0.4, 0.5) is 0 Å². The van der Waals surface area contributed by atoms with E-state index in [1.807, 2.05) is 0 Å². The van der Waals surface area contributed by atoms with Gasteiger partial charge in [0, 0.05) is 0 Å². The topological polar surface area (TPSA) is 0 Å². The predicted octanol–water partition coefficient (Wildman–Crippen LogP) is 2.98. The Morgan fingerprint density at radius 3 is 2.15 bits per heavy atom. The van der Waals surface area contributed by atoms with Gasteiger partial charge in [-0.05, 0) is 0 Å². The van der Waals surface area contributed by atoms with Crippen molar-refractivity contribution in [2.24, 2.45) is 0 Å². The molecule has 2 fully saturated rings. The molecule has 2 heterocycles. The van der Waals surface area contributed by atoms with Crippen molar-refractivity contribution in [2.45, 2.75) is 4.75 Å². The van der Waals surface area contributed by atoms with Gasteiger partial charge in [-0.1, -0.05) is 0 Å². The molecule has 0 amide bonds. The monoisotopic (exact) mass is 350 g/mol. The van der Waals surface area contributed by atoms with E-state index in [9.17, 15) is 0 Å². The Morgan fingerprint density at radius 1 is 1.08 bits per heavy atom. The zero-order chi connectivity index (χ0) is 9.36. The molecular weight excluding hydrogens is 337 g/mol. The zero-order valence-electron chi connectivity index (χ0n) is 7.06. The summed E-state index contributed by atoms with van der Waals surface area (Å²) in [5, 5.41) is 0. The molecule has 13 heavy (non-hydrogen) atoms. The summed E-state index contributed by atoms with van der Waals surface area (Å²) in [4.78, 5) is 0. The van der Waals surface area contributed by atoms with Crippen molar-refractivity contribution >= 4 is 74.3 Å². The Morgan fingerprint density at radius 2 is 1.69 bits per heavy atom. The molecule has 0 aromatic heterocycles. The second-order valence-corrected chi connectivity index (χ2v) is 36.4. The molecule has 0 saturated carbocycles. The summed E-state index contributed by atoms with van der Waals surface area (Å²) >= 11 is 8.97. The molecule has 2 saturated heterocycles. The summed E-state index contributed by atoms with van der Waals surface area (Å²) in [5.74, 6) is 6.08. The third kappa shape index (κ3) is 2.49. The third-order valence-corrected chi connectivity index (χ3v) is 42.7. The fourth-order valence-corrected chi connectivity index (χ4v) is 50.7. The summed E-state index contributed by atoms with van der Waals surface area (Å²) in [6.45, 7) is 0. The average molecular weight is 349 g/mol. The van der Waals surface area contributed by atoms with Crippen molar-refractivity contribution in [1.82, 2.24) is 0 Å². The Labute approximate surface area is 107 Å². The molecule has 7 heteroatoms. The van der Waals surface area contributed by atoms with Gasteiger partial charge < -0.3 is 0 Å². The van der Waals surface area contributed by atoms with E-state index in [4.69, 9.17) is 0 Å². The molecule has 1 spiro atoms. The van der Waals surface area contributed by atoms with Crippen molar-refractivity contribution in [3.63, 3.8) is 0 Å². The van der Waals surface area contributed by atoms with Gasteiger partial charge in [-0.2, -0.15) is 0 Å². The predicted molar refractivity (Wildman–Crippen MR) is 81.2 cm³/mol. The van der Waals surface area contributed by atoms with E-state index in [-0.39, 0.29) is 0 Å². The van der Waals surface area contributed by atoms with Crippen molar-refractivity contribution in [1.29, 1.82) is 0 Å². The number of rotatable bonds is 2. The Bertz CT molecular complexity index is 184. The van der Waals surface area contributed by atoms with Crippen LogP contribution in [0.5, 0.6) is 0 Å². The molecule has 0 aromatic rings. The number of hydrogen-bond acceptors (Lipinski definition) is 6. The number of thiol groups is 2. The van der Waals surface area contributed by atoms with Gasteiger partial charge in [0.05, 0.1) is 0 Å². The minimum atomic E-state index is -1.59. The van der Waals surface area contributed by atoms with Crippen LogP contribution >= 0.6 is 65.6 Å². The molecular formula is C6H12GeS6. The van der Waals surface area contributed by atoms with Crippen LogP contribution in [0.25, 0.3) is 0 Å². The molecule has 0 radical (unpaired) electrons. The van der Waals surface area contributed by atoms with Gasteiger partial charge in [-0.15, -0.1) is 0 Å². The first-order chi connectivity index (χ1) is 6.24. The van der Waals surface area contributed by atoms with Crippen LogP contribution in [0.2, 0.25) is 0 Å². The average Bonchev–Trinajstić information content (AvgIpc) is 2.76. The molecule has 0 aliphatic carbocycles. The summed E-state index contributed by atoms with van der Waals surface area (Å²) in [5.41, 5.74) is 0. The third-order valence-electron chi connectivity index (χ3n) is 2.07. The van der Waals surface area contributed by atoms with Gasteiger partial charge in [0.2, 0.25) is 0 Å². The molecule has 76 valence electrons. The SMILES string of the molecule is SCC1(CS)C[S][Ge]2([S]CC[S]2)[S]1. The van der Waals surface area contributed by atoms with Crippen molar-refractivity contribution in [3.05, 3.63) is 0 Å². The van der Waals surface area contributed by atoms with Crippen molar-refractivity contribution in [3.8, 4) is 0 Å². The second kappa shape index (κ2) is 4.88. The van der Waals surface area contributed by atoms with E-state index < -0.39 is 8.70 Å². The Hall–Kier alpha value is 2.64. The maximum absolute atomic E-state index is 4.49. The normalized spacial score (nSPS) is 30.0. The van der Waals surface area contributed by atoms with Gasteiger partial charge in [0.25, 0.3) is 0 Å². The van der Waals surface area contributed by atoms with E-state index in [0.29, 0.717) is 4.75 Å². The van der Waals surface area contributed by atoms with Crippen molar-refractivity contribution in [2.75, 3.05) is 28.8 Å². The molecule has 2 rings (SSSR count). The fraction of sp³-hybridized carbons (Fsp3) is 1.00. The molecule has 2 aliphatic rings. The van der Waals surface area contributed by atoms with E-state index in [2.05, 4.69) is 65.6 Å². The molecule has 0 aromatic carbocycles. The Balaban J connectivity index is 2.06. The van der Waals surface area contributed by atoms with Crippen LogP contribution in [0.3, 0.4) is 0 Å². The minimum absolute atomic E-state index is 0.404. The molecule has 0 bridgehead atoms. The van der Waals surface area contributed by atoms with Crippen LogP contribution in [0.1, 0.15) is 0 Å².